The number of carbonyl (C=O) groups is 1. The van der Waals surface area contributed by atoms with Crippen LogP contribution in [0.3, 0.4) is 0 Å². The molecule has 0 saturated heterocycles. The lowest BCUT2D eigenvalue weighted by molar-refractivity contribution is -0.143. The highest BCUT2D eigenvalue weighted by Gasteiger charge is 2.26. The Morgan fingerprint density at radius 1 is 1.53 bits per heavy atom. The van der Waals surface area contributed by atoms with Crippen LogP contribution >= 0.6 is 22.9 Å². The fourth-order valence-electron chi connectivity index (χ4n) is 2.29. The van der Waals surface area contributed by atoms with Crippen molar-refractivity contribution in [3.05, 3.63) is 21.3 Å². The first-order chi connectivity index (χ1) is 8.15. The second-order valence-corrected chi connectivity index (χ2v) is 6.29. The normalized spacial score (nSPS) is 24.8. The van der Waals surface area contributed by atoms with E-state index in [9.17, 15) is 4.79 Å². The van der Waals surface area contributed by atoms with Gasteiger partial charge in [-0.15, -0.1) is 11.3 Å². The fraction of sp³-hybridized carbons (Fsp3) is 0.583. The van der Waals surface area contributed by atoms with Crippen LogP contribution in [-0.4, -0.2) is 17.1 Å². The zero-order chi connectivity index (χ0) is 12.3. The van der Waals surface area contributed by atoms with Gasteiger partial charge in [0.25, 0.3) is 0 Å². The van der Waals surface area contributed by atoms with E-state index in [2.05, 4.69) is 5.32 Å². The molecule has 1 aliphatic carbocycles. The molecular formula is C12H16ClNO2S. The van der Waals surface area contributed by atoms with Gasteiger partial charge in [-0.05, 0) is 31.4 Å². The Hall–Kier alpha value is -0.580. The van der Waals surface area contributed by atoms with E-state index < -0.39 is 5.97 Å². The maximum absolute atomic E-state index is 10.9. The van der Waals surface area contributed by atoms with Crippen LogP contribution in [0.15, 0.2) is 12.1 Å². The Morgan fingerprint density at radius 2 is 2.35 bits per heavy atom. The Morgan fingerprint density at radius 3 is 3.00 bits per heavy atom. The van der Waals surface area contributed by atoms with Crippen molar-refractivity contribution in [3.63, 3.8) is 0 Å². The smallest absolute Gasteiger partial charge is 0.306 e. The van der Waals surface area contributed by atoms with Crippen LogP contribution in [0.5, 0.6) is 0 Å². The number of nitrogens with one attached hydrogen (secondary N) is 1. The number of halogens is 1. The Kier molecular flexibility index (Phi) is 4.42. The molecule has 0 aromatic carbocycles. The van der Waals surface area contributed by atoms with Gasteiger partial charge in [0.15, 0.2) is 0 Å². The number of thiophene rings is 1. The number of hydrogen-bond acceptors (Lipinski definition) is 3. The predicted molar refractivity (Wildman–Crippen MR) is 69.6 cm³/mol. The van der Waals surface area contributed by atoms with Crippen molar-refractivity contribution in [3.8, 4) is 0 Å². The van der Waals surface area contributed by atoms with Gasteiger partial charge in [0.2, 0.25) is 0 Å². The highest BCUT2D eigenvalue weighted by atomic mass is 35.5. The third kappa shape index (κ3) is 3.69. The van der Waals surface area contributed by atoms with Crippen molar-refractivity contribution in [2.24, 2.45) is 5.92 Å². The number of rotatable bonds is 4. The molecule has 2 atom stereocenters. The minimum absolute atomic E-state index is 0.173. The summed E-state index contributed by atoms with van der Waals surface area (Å²) in [6.45, 7) is 0.786. The van der Waals surface area contributed by atoms with Crippen molar-refractivity contribution in [1.29, 1.82) is 0 Å². The van der Waals surface area contributed by atoms with E-state index in [4.69, 9.17) is 16.7 Å². The lowest BCUT2D eigenvalue weighted by Gasteiger charge is -2.27. The average Bonchev–Trinajstić information content (AvgIpc) is 2.73. The lowest BCUT2D eigenvalue weighted by atomic mass is 9.86. The molecule has 0 spiro atoms. The number of carboxylic acids is 1. The van der Waals surface area contributed by atoms with Crippen molar-refractivity contribution < 1.29 is 9.90 Å². The summed E-state index contributed by atoms with van der Waals surface area (Å²) in [5, 5.41) is 12.4. The van der Waals surface area contributed by atoms with E-state index in [1.807, 2.05) is 12.1 Å². The van der Waals surface area contributed by atoms with E-state index in [0.717, 1.165) is 36.6 Å². The van der Waals surface area contributed by atoms with Gasteiger partial charge in [-0.3, -0.25) is 4.79 Å². The van der Waals surface area contributed by atoms with Gasteiger partial charge in [-0.2, -0.15) is 0 Å². The third-order valence-electron chi connectivity index (χ3n) is 3.22. The first kappa shape index (κ1) is 12.9. The van der Waals surface area contributed by atoms with Crippen molar-refractivity contribution in [2.45, 2.75) is 38.3 Å². The molecule has 1 aliphatic rings. The molecule has 1 fully saturated rings. The second-order valence-electron chi connectivity index (χ2n) is 4.49. The fourth-order valence-corrected chi connectivity index (χ4v) is 3.33. The highest BCUT2D eigenvalue weighted by Crippen LogP contribution is 2.26. The Labute approximate surface area is 110 Å². The van der Waals surface area contributed by atoms with Crippen molar-refractivity contribution in [2.75, 3.05) is 0 Å². The molecule has 1 saturated carbocycles. The second kappa shape index (κ2) is 5.85. The third-order valence-corrected chi connectivity index (χ3v) is 4.45. The minimum Gasteiger partial charge on any atom is -0.481 e. The van der Waals surface area contributed by atoms with E-state index in [0.29, 0.717) is 6.04 Å². The minimum atomic E-state index is -0.657. The van der Waals surface area contributed by atoms with Crippen LogP contribution in [-0.2, 0) is 11.3 Å². The molecule has 1 heterocycles. The SMILES string of the molecule is O=C(O)C1CCCC(NCc2ccc(Cl)s2)C1. The molecule has 1 aromatic rings. The number of hydrogen-bond donors (Lipinski definition) is 2. The zero-order valence-electron chi connectivity index (χ0n) is 9.49. The summed E-state index contributed by atoms with van der Waals surface area (Å²) < 4.78 is 0.800. The van der Waals surface area contributed by atoms with E-state index >= 15 is 0 Å². The molecular weight excluding hydrogens is 258 g/mol. The van der Waals surface area contributed by atoms with Gasteiger partial charge >= 0.3 is 5.97 Å². The van der Waals surface area contributed by atoms with Crippen LogP contribution in [0.2, 0.25) is 4.34 Å². The van der Waals surface area contributed by atoms with Crippen LogP contribution in [0.1, 0.15) is 30.6 Å². The lowest BCUT2D eigenvalue weighted by Crippen LogP contribution is -2.35. The molecule has 0 bridgehead atoms. The Balaban J connectivity index is 1.81. The molecule has 2 rings (SSSR count). The summed E-state index contributed by atoms with van der Waals surface area (Å²) in [5.41, 5.74) is 0. The van der Waals surface area contributed by atoms with Crippen molar-refractivity contribution in [1.82, 2.24) is 5.32 Å². The predicted octanol–water partition coefficient (Wildman–Crippen LogP) is 3.13. The highest BCUT2D eigenvalue weighted by molar-refractivity contribution is 7.16. The summed E-state index contributed by atoms with van der Waals surface area (Å²) >= 11 is 7.43. The standard InChI is InChI=1S/C12H16ClNO2S/c13-11-5-4-10(17-11)7-14-9-3-1-2-8(6-9)12(15)16/h4-5,8-9,14H,1-3,6-7H2,(H,15,16). The van der Waals surface area contributed by atoms with Gasteiger partial charge in [0.1, 0.15) is 0 Å². The number of carboxylic acid groups (broad SMARTS) is 1. The van der Waals surface area contributed by atoms with Gasteiger partial charge in [0, 0.05) is 17.5 Å². The molecule has 0 radical (unpaired) electrons. The average molecular weight is 274 g/mol. The maximum atomic E-state index is 10.9. The van der Waals surface area contributed by atoms with Gasteiger partial charge < -0.3 is 10.4 Å². The summed E-state index contributed by atoms with van der Waals surface area (Å²) in [4.78, 5) is 12.1. The van der Waals surface area contributed by atoms with Gasteiger partial charge in [-0.25, -0.2) is 0 Å². The molecule has 0 amide bonds. The largest absolute Gasteiger partial charge is 0.481 e. The molecule has 1 aromatic heterocycles. The van der Waals surface area contributed by atoms with Gasteiger partial charge in [0.05, 0.1) is 10.3 Å². The monoisotopic (exact) mass is 273 g/mol. The summed E-state index contributed by atoms with van der Waals surface area (Å²) in [6.07, 6.45) is 3.63. The molecule has 17 heavy (non-hydrogen) atoms. The first-order valence-corrected chi connectivity index (χ1v) is 7.05. The van der Waals surface area contributed by atoms with E-state index in [-0.39, 0.29) is 5.92 Å². The summed E-state index contributed by atoms with van der Waals surface area (Å²) in [5.74, 6) is -0.830. The number of aliphatic carboxylic acids is 1. The molecule has 94 valence electrons. The van der Waals surface area contributed by atoms with Crippen LogP contribution in [0.4, 0.5) is 0 Å². The zero-order valence-corrected chi connectivity index (χ0v) is 11.1. The van der Waals surface area contributed by atoms with E-state index in [1.54, 1.807) is 11.3 Å². The first-order valence-electron chi connectivity index (χ1n) is 5.85. The molecule has 2 N–H and O–H groups in total. The van der Waals surface area contributed by atoms with Crippen LogP contribution in [0.25, 0.3) is 0 Å². The molecule has 5 heteroatoms. The van der Waals surface area contributed by atoms with Crippen LogP contribution in [0, 0.1) is 5.92 Å². The summed E-state index contributed by atoms with van der Waals surface area (Å²) in [6, 6.07) is 4.23. The van der Waals surface area contributed by atoms with Crippen molar-refractivity contribution >= 4 is 28.9 Å². The van der Waals surface area contributed by atoms with E-state index in [1.165, 1.54) is 4.88 Å². The maximum Gasteiger partial charge on any atom is 0.306 e. The summed E-state index contributed by atoms with van der Waals surface area (Å²) in [7, 11) is 0. The Bertz CT molecular complexity index is 394. The molecule has 0 aliphatic heterocycles. The van der Waals surface area contributed by atoms with Crippen LogP contribution < -0.4 is 5.32 Å². The van der Waals surface area contributed by atoms with Gasteiger partial charge in [-0.1, -0.05) is 18.0 Å². The molecule has 2 unspecified atom stereocenters. The molecule has 3 nitrogen and oxygen atoms in total. The quantitative estimate of drug-likeness (QED) is 0.886. The topological polar surface area (TPSA) is 49.3 Å².